The average Bonchev–Trinajstić information content (AvgIpc) is 2.68. The number of para-hydroxylation sites is 1. The fraction of sp³-hybridized carbons (Fsp3) is 0.125. The molecule has 1 aliphatic rings. The van der Waals surface area contributed by atoms with Gasteiger partial charge >= 0.3 is 0 Å². The molecular weight excluding hydrogens is 292 g/mol. The Morgan fingerprint density at radius 2 is 2.09 bits per heavy atom. The van der Waals surface area contributed by atoms with Crippen molar-refractivity contribution < 1.29 is 4.79 Å². The molecule has 0 unspecified atom stereocenters. The number of aromatic nitrogens is 1. The Bertz CT molecular complexity index is 796. The lowest BCUT2D eigenvalue weighted by Gasteiger charge is -2.31. The number of aliphatic imine (C=N–C) groups is 1. The summed E-state index contributed by atoms with van der Waals surface area (Å²) in [6, 6.07) is 10.8. The molecule has 0 radical (unpaired) electrons. The van der Waals surface area contributed by atoms with Crippen LogP contribution in [0.3, 0.4) is 0 Å². The summed E-state index contributed by atoms with van der Waals surface area (Å²) in [6.45, 7) is 0.359. The van der Waals surface area contributed by atoms with Crippen LogP contribution >= 0.6 is 0 Å². The third-order valence-electron chi connectivity index (χ3n) is 3.48. The van der Waals surface area contributed by atoms with E-state index in [4.69, 9.17) is 5.26 Å². The zero-order chi connectivity index (χ0) is 16.2. The Morgan fingerprint density at radius 3 is 2.83 bits per heavy atom. The number of carbonyl (C=O) groups is 1. The van der Waals surface area contributed by atoms with Crippen LogP contribution in [0.2, 0.25) is 0 Å². The minimum absolute atomic E-state index is 0.192. The molecule has 1 aromatic heterocycles. The quantitative estimate of drug-likeness (QED) is 0.673. The molecule has 3 rings (SSSR count). The Morgan fingerprint density at radius 1 is 1.26 bits per heavy atom. The van der Waals surface area contributed by atoms with E-state index in [-0.39, 0.29) is 11.9 Å². The third-order valence-corrected chi connectivity index (χ3v) is 3.48. The van der Waals surface area contributed by atoms with E-state index < -0.39 is 0 Å². The number of fused-ring (bicyclic) bond motifs is 1. The molecule has 1 amide bonds. The molecule has 0 fully saturated rings. The van der Waals surface area contributed by atoms with Gasteiger partial charge in [0, 0.05) is 19.4 Å². The molecule has 0 atom stereocenters. The SMILES string of the molecule is CN1C(=O)c2ccccc2N=C(NC#N)N1Cc1cccnc1. The molecule has 0 spiro atoms. The number of benzene rings is 1. The zero-order valence-corrected chi connectivity index (χ0v) is 12.5. The van der Waals surface area contributed by atoms with Gasteiger partial charge in [-0.15, -0.1) is 0 Å². The lowest BCUT2D eigenvalue weighted by Crippen LogP contribution is -2.49. The largest absolute Gasteiger partial charge is 0.274 e. The van der Waals surface area contributed by atoms with E-state index >= 15 is 0 Å². The van der Waals surface area contributed by atoms with Gasteiger partial charge in [-0.05, 0) is 23.8 Å². The molecule has 7 nitrogen and oxygen atoms in total. The van der Waals surface area contributed by atoms with E-state index in [0.29, 0.717) is 17.8 Å². The van der Waals surface area contributed by atoms with Crippen molar-refractivity contribution in [2.24, 2.45) is 4.99 Å². The maximum Gasteiger partial charge on any atom is 0.274 e. The number of hydrogen-bond acceptors (Lipinski definition) is 6. The standard InChI is InChI=1S/C16H14N6O/c1-21-15(23)13-6-2-3-7-14(13)20-16(19-11-17)22(21)10-12-5-4-8-18-9-12/h2-9H,10H2,1H3,(H,19,20). The number of nitriles is 1. The van der Waals surface area contributed by atoms with Gasteiger partial charge in [0.05, 0.1) is 17.8 Å². The van der Waals surface area contributed by atoms with E-state index in [1.54, 1.807) is 48.7 Å². The Kier molecular flexibility index (Phi) is 3.89. The second kappa shape index (κ2) is 6.15. The summed E-state index contributed by atoms with van der Waals surface area (Å²) in [6.07, 6.45) is 5.26. The van der Waals surface area contributed by atoms with Gasteiger partial charge in [0.2, 0.25) is 5.96 Å². The number of pyridine rings is 1. The number of rotatable bonds is 2. The number of carbonyl (C=O) groups excluding carboxylic acids is 1. The summed E-state index contributed by atoms with van der Waals surface area (Å²) in [5.41, 5.74) is 1.90. The molecule has 23 heavy (non-hydrogen) atoms. The van der Waals surface area contributed by atoms with Crippen LogP contribution < -0.4 is 5.32 Å². The monoisotopic (exact) mass is 306 g/mol. The summed E-state index contributed by atoms with van der Waals surface area (Å²) in [5.74, 6) is 0.0973. The van der Waals surface area contributed by atoms with E-state index in [0.717, 1.165) is 5.56 Å². The van der Waals surface area contributed by atoms with Crippen molar-refractivity contribution in [1.29, 1.82) is 5.26 Å². The van der Waals surface area contributed by atoms with Crippen LogP contribution in [0.25, 0.3) is 0 Å². The number of hydrazine groups is 1. The molecule has 0 bridgehead atoms. The normalized spacial score (nSPS) is 13.7. The van der Waals surface area contributed by atoms with Crippen LogP contribution in [0.15, 0.2) is 53.8 Å². The highest BCUT2D eigenvalue weighted by atomic mass is 16.2. The Hall–Kier alpha value is -3.40. The molecule has 0 aliphatic carbocycles. The van der Waals surface area contributed by atoms with Crippen molar-refractivity contribution >= 4 is 17.6 Å². The van der Waals surface area contributed by atoms with E-state index in [2.05, 4.69) is 15.3 Å². The first-order chi connectivity index (χ1) is 11.2. The topological polar surface area (TPSA) is 84.6 Å². The summed E-state index contributed by atoms with van der Waals surface area (Å²) in [7, 11) is 1.65. The minimum atomic E-state index is -0.192. The maximum atomic E-state index is 12.7. The summed E-state index contributed by atoms with van der Waals surface area (Å²) >= 11 is 0. The highest BCUT2D eigenvalue weighted by Crippen LogP contribution is 2.25. The fourth-order valence-electron chi connectivity index (χ4n) is 2.34. The van der Waals surface area contributed by atoms with Crippen molar-refractivity contribution in [3.63, 3.8) is 0 Å². The molecule has 2 heterocycles. The van der Waals surface area contributed by atoms with Crippen molar-refractivity contribution in [1.82, 2.24) is 20.3 Å². The predicted molar refractivity (Wildman–Crippen MR) is 84.2 cm³/mol. The van der Waals surface area contributed by atoms with Crippen molar-refractivity contribution in [2.45, 2.75) is 6.54 Å². The summed E-state index contributed by atoms with van der Waals surface area (Å²) in [5, 5.41) is 14.6. The third kappa shape index (κ3) is 2.82. The molecule has 2 aromatic rings. The van der Waals surface area contributed by atoms with Gasteiger partial charge in [-0.2, -0.15) is 5.26 Å². The molecule has 1 aliphatic heterocycles. The first-order valence-corrected chi connectivity index (χ1v) is 6.98. The van der Waals surface area contributed by atoms with Crippen molar-refractivity contribution in [3.05, 3.63) is 59.9 Å². The van der Waals surface area contributed by atoms with E-state index in [1.165, 1.54) is 5.01 Å². The number of amides is 1. The fourth-order valence-corrected chi connectivity index (χ4v) is 2.34. The van der Waals surface area contributed by atoms with Gasteiger partial charge in [-0.3, -0.25) is 20.1 Å². The lowest BCUT2D eigenvalue weighted by molar-refractivity contribution is 0.0385. The van der Waals surface area contributed by atoms with Gasteiger partial charge in [0.25, 0.3) is 5.91 Å². The smallest absolute Gasteiger partial charge is 0.267 e. The zero-order valence-electron chi connectivity index (χ0n) is 12.5. The predicted octanol–water partition coefficient (Wildman–Crippen LogP) is 1.64. The number of guanidine groups is 1. The van der Waals surface area contributed by atoms with E-state index in [1.807, 2.05) is 18.3 Å². The van der Waals surface area contributed by atoms with Gasteiger partial charge in [-0.1, -0.05) is 18.2 Å². The van der Waals surface area contributed by atoms with Crippen molar-refractivity contribution in [3.8, 4) is 6.19 Å². The van der Waals surface area contributed by atoms with Crippen LogP contribution in [-0.2, 0) is 6.54 Å². The van der Waals surface area contributed by atoms with Crippen LogP contribution in [0, 0.1) is 11.5 Å². The molecule has 0 saturated heterocycles. The van der Waals surface area contributed by atoms with Gasteiger partial charge in [0.15, 0.2) is 6.19 Å². The molecule has 0 saturated carbocycles. The molecular formula is C16H14N6O. The van der Waals surface area contributed by atoms with E-state index in [9.17, 15) is 4.79 Å². The maximum absolute atomic E-state index is 12.7. The lowest BCUT2D eigenvalue weighted by atomic mass is 10.1. The van der Waals surface area contributed by atoms with Crippen LogP contribution in [0.1, 0.15) is 15.9 Å². The Labute approximate surface area is 133 Å². The molecule has 114 valence electrons. The van der Waals surface area contributed by atoms with Crippen LogP contribution in [0.4, 0.5) is 5.69 Å². The molecule has 1 aromatic carbocycles. The summed E-state index contributed by atoms with van der Waals surface area (Å²) < 4.78 is 0. The van der Waals surface area contributed by atoms with Gasteiger partial charge in [0.1, 0.15) is 0 Å². The summed E-state index contributed by atoms with van der Waals surface area (Å²) in [4.78, 5) is 21.2. The number of nitrogens with one attached hydrogen (secondary N) is 1. The second-order valence-corrected chi connectivity index (χ2v) is 4.94. The average molecular weight is 306 g/mol. The highest BCUT2D eigenvalue weighted by molar-refractivity contribution is 6.02. The van der Waals surface area contributed by atoms with Crippen molar-refractivity contribution in [2.75, 3.05) is 7.05 Å². The highest BCUT2D eigenvalue weighted by Gasteiger charge is 2.28. The second-order valence-electron chi connectivity index (χ2n) is 4.94. The Balaban J connectivity index is 2.04. The molecule has 1 N–H and O–H groups in total. The van der Waals surface area contributed by atoms with Crippen LogP contribution in [-0.4, -0.2) is 33.9 Å². The van der Waals surface area contributed by atoms with Gasteiger partial charge < -0.3 is 0 Å². The first kappa shape index (κ1) is 14.5. The van der Waals surface area contributed by atoms with Gasteiger partial charge in [-0.25, -0.2) is 10.0 Å². The number of nitrogens with zero attached hydrogens (tertiary/aromatic N) is 5. The van der Waals surface area contributed by atoms with Crippen LogP contribution in [0.5, 0.6) is 0 Å². The minimum Gasteiger partial charge on any atom is -0.267 e. The molecule has 7 heteroatoms. The number of hydrogen-bond donors (Lipinski definition) is 1. The first-order valence-electron chi connectivity index (χ1n) is 6.98.